The van der Waals surface area contributed by atoms with Crippen molar-refractivity contribution in [1.29, 1.82) is 0 Å². The molecule has 2 saturated heterocycles. The van der Waals surface area contributed by atoms with Crippen LogP contribution in [-0.4, -0.2) is 142 Å². The summed E-state index contributed by atoms with van der Waals surface area (Å²) in [4.78, 5) is 13.0. The zero-order chi connectivity index (χ0) is 48.0. The van der Waals surface area contributed by atoms with Gasteiger partial charge in [-0.15, -0.1) is 0 Å². The number of allylic oxidation sites excluding steroid dienone is 10. The topological polar surface area (TPSA) is 214 Å². The Morgan fingerprint density at radius 3 is 1.53 bits per heavy atom. The summed E-state index contributed by atoms with van der Waals surface area (Å²) in [6.45, 7) is 3.52. The summed E-state index contributed by atoms with van der Waals surface area (Å²) >= 11 is 0. The molecule has 0 radical (unpaired) electrons. The first kappa shape index (κ1) is 59.8. The van der Waals surface area contributed by atoms with Crippen molar-refractivity contribution >= 4 is 5.97 Å². The number of aliphatic hydroxyl groups is 7. The van der Waals surface area contributed by atoms with Crippen LogP contribution in [0.5, 0.6) is 0 Å². The zero-order valence-electron chi connectivity index (χ0n) is 40.4. The van der Waals surface area contributed by atoms with E-state index in [1.165, 1.54) is 64.2 Å². The van der Waals surface area contributed by atoms with E-state index in [2.05, 4.69) is 74.6 Å². The fourth-order valence-corrected chi connectivity index (χ4v) is 7.66. The van der Waals surface area contributed by atoms with Gasteiger partial charge in [0.1, 0.15) is 54.9 Å². The van der Waals surface area contributed by atoms with Gasteiger partial charge in [-0.3, -0.25) is 4.79 Å². The molecule has 66 heavy (non-hydrogen) atoms. The van der Waals surface area contributed by atoms with Crippen LogP contribution in [0.15, 0.2) is 60.8 Å². The van der Waals surface area contributed by atoms with E-state index in [1.54, 1.807) is 0 Å². The van der Waals surface area contributed by atoms with Crippen molar-refractivity contribution in [3.63, 3.8) is 0 Å². The van der Waals surface area contributed by atoms with Gasteiger partial charge in [-0.05, 0) is 57.8 Å². The summed E-state index contributed by atoms with van der Waals surface area (Å²) in [5.41, 5.74) is 0. The standard InChI is InChI=1S/C52H90O14/c1-3-5-7-9-11-13-15-17-18-19-20-21-22-23-25-27-29-31-33-35-44(54)64-41(38-61-36-34-32-30-28-26-24-16-14-12-10-8-6-4-2)39-62-51-50(60)48(58)46(56)43(66-51)40-63-52-49(59)47(57)45(55)42(37-53)65-52/h5,7,11,13,17-18,20-21,23,25,41-43,45-53,55-60H,3-4,6,8-10,12,14-16,19,22,24,26-40H2,1-2H3/b7-5-,13-11-,18-17-,21-20-,25-23-. The number of carbonyl (C=O) groups excluding carboxylic acids is 1. The van der Waals surface area contributed by atoms with E-state index in [1.807, 2.05) is 0 Å². The van der Waals surface area contributed by atoms with Gasteiger partial charge in [0, 0.05) is 13.0 Å². The Labute approximate surface area is 396 Å². The van der Waals surface area contributed by atoms with E-state index in [0.717, 1.165) is 70.6 Å². The third kappa shape index (κ3) is 27.0. The molecule has 11 unspecified atom stereocenters. The normalized spacial score (nSPS) is 26.8. The third-order valence-electron chi connectivity index (χ3n) is 11.8. The summed E-state index contributed by atoms with van der Waals surface area (Å²) in [6, 6.07) is 0. The smallest absolute Gasteiger partial charge is 0.306 e. The molecule has 11 atom stereocenters. The first-order valence-electron chi connectivity index (χ1n) is 25.4. The van der Waals surface area contributed by atoms with E-state index < -0.39 is 86.7 Å². The number of hydrogen-bond acceptors (Lipinski definition) is 14. The Kier molecular flexibility index (Phi) is 35.8. The lowest BCUT2D eigenvalue weighted by atomic mass is 9.98. The van der Waals surface area contributed by atoms with Crippen LogP contribution in [0, 0.1) is 0 Å². The lowest BCUT2D eigenvalue weighted by molar-refractivity contribution is -0.332. The van der Waals surface area contributed by atoms with Crippen LogP contribution in [0.3, 0.4) is 0 Å². The molecule has 7 N–H and O–H groups in total. The highest BCUT2D eigenvalue weighted by Gasteiger charge is 2.47. The minimum atomic E-state index is -1.71. The Balaban J connectivity index is 1.79. The number of hydrogen-bond donors (Lipinski definition) is 7. The SMILES string of the molecule is CC/C=C\C/C=C\C/C=C\C/C=C\C/C=C\CCCCCC(=O)OC(COCCCCCCCCCCCCCCC)COC1OC(COC2OC(CO)C(O)C(O)C2O)C(O)C(O)C1O. The van der Waals surface area contributed by atoms with Crippen molar-refractivity contribution in [2.75, 3.05) is 33.0 Å². The summed E-state index contributed by atoms with van der Waals surface area (Å²) in [5.74, 6) is -0.408. The van der Waals surface area contributed by atoms with E-state index in [0.29, 0.717) is 13.0 Å². The fraction of sp³-hybridized carbons (Fsp3) is 0.788. The lowest BCUT2D eigenvalue weighted by Gasteiger charge is -2.42. The zero-order valence-corrected chi connectivity index (χ0v) is 40.4. The van der Waals surface area contributed by atoms with Gasteiger partial charge in [0.15, 0.2) is 12.6 Å². The summed E-state index contributed by atoms with van der Waals surface area (Å²) in [5, 5.41) is 72.1. The van der Waals surface area contributed by atoms with Crippen molar-refractivity contribution in [1.82, 2.24) is 0 Å². The molecule has 0 aromatic heterocycles. The molecule has 382 valence electrons. The maximum atomic E-state index is 13.0. The fourth-order valence-electron chi connectivity index (χ4n) is 7.66. The highest BCUT2D eigenvalue weighted by atomic mass is 16.7. The van der Waals surface area contributed by atoms with Crippen molar-refractivity contribution in [2.24, 2.45) is 0 Å². The average Bonchev–Trinajstić information content (AvgIpc) is 3.31. The second kappa shape index (κ2) is 39.5. The maximum Gasteiger partial charge on any atom is 0.306 e. The molecule has 0 amide bonds. The lowest BCUT2D eigenvalue weighted by Crippen LogP contribution is -2.61. The van der Waals surface area contributed by atoms with Gasteiger partial charge in [-0.1, -0.05) is 158 Å². The molecule has 0 bridgehead atoms. The van der Waals surface area contributed by atoms with Gasteiger partial charge < -0.3 is 64.2 Å². The van der Waals surface area contributed by atoms with Crippen LogP contribution < -0.4 is 0 Å². The molecule has 2 fully saturated rings. The average molecular weight is 939 g/mol. The number of unbranched alkanes of at least 4 members (excludes halogenated alkanes) is 15. The van der Waals surface area contributed by atoms with Gasteiger partial charge >= 0.3 is 5.97 Å². The number of carbonyl (C=O) groups is 1. The van der Waals surface area contributed by atoms with E-state index >= 15 is 0 Å². The third-order valence-corrected chi connectivity index (χ3v) is 11.8. The van der Waals surface area contributed by atoms with Crippen LogP contribution in [0.4, 0.5) is 0 Å². The number of rotatable bonds is 39. The predicted octanol–water partition coefficient (Wildman–Crippen LogP) is 7.35. The van der Waals surface area contributed by atoms with Crippen molar-refractivity contribution in [3.8, 4) is 0 Å². The molecule has 0 aliphatic carbocycles. The molecule has 0 aromatic carbocycles. The number of esters is 1. The molecule has 0 aromatic rings. The molecule has 0 saturated carbocycles. The van der Waals surface area contributed by atoms with E-state index in [9.17, 15) is 40.5 Å². The molecule has 2 rings (SSSR count). The van der Waals surface area contributed by atoms with Crippen LogP contribution in [0.2, 0.25) is 0 Å². The molecular formula is C52H90O14. The molecule has 14 nitrogen and oxygen atoms in total. The Bertz CT molecular complexity index is 1320. The van der Waals surface area contributed by atoms with Gasteiger partial charge in [-0.2, -0.15) is 0 Å². The highest BCUT2D eigenvalue weighted by Crippen LogP contribution is 2.26. The molecular weight excluding hydrogens is 849 g/mol. The highest BCUT2D eigenvalue weighted by molar-refractivity contribution is 5.69. The second-order valence-corrected chi connectivity index (χ2v) is 17.6. The Hall–Kier alpha value is -2.31. The van der Waals surface area contributed by atoms with Crippen LogP contribution in [0.1, 0.15) is 162 Å². The molecule has 2 heterocycles. The first-order chi connectivity index (χ1) is 32.1. The Morgan fingerprint density at radius 1 is 0.515 bits per heavy atom. The molecule has 2 aliphatic rings. The van der Waals surface area contributed by atoms with Gasteiger partial charge in [-0.25, -0.2) is 0 Å². The van der Waals surface area contributed by atoms with Crippen molar-refractivity contribution in [2.45, 2.75) is 229 Å². The summed E-state index contributed by atoms with van der Waals surface area (Å²) in [6.07, 6.45) is 29.9. The monoisotopic (exact) mass is 939 g/mol. The van der Waals surface area contributed by atoms with Gasteiger partial charge in [0.25, 0.3) is 0 Å². The molecule has 2 aliphatic heterocycles. The number of ether oxygens (including phenoxy) is 6. The van der Waals surface area contributed by atoms with Gasteiger partial charge in [0.2, 0.25) is 0 Å². The quantitative estimate of drug-likeness (QED) is 0.0183. The summed E-state index contributed by atoms with van der Waals surface area (Å²) in [7, 11) is 0. The summed E-state index contributed by atoms with van der Waals surface area (Å²) < 4.78 is 34.2. The largest absolute Gasteiger partial charge is 0.457 e. The van der Waals surface area contributed by atoms with Crippen molar-refractivity contribution in [3.05, 3.63) is 60.8 Å². The van der Waals surface area contributed by atoms with Crippen LogP contribution in [0.25, 0.3) is 0 Å². The minimum Gasteiger partial charge on any atom is -0.457 e. The van der Waals surface area contributed by atoms with Crippen molar-refractivity contribution < 1.29 is 69.0 Å². The van der Waals surface area contributed by atoms with Gasteiger partial charge in [0.05, 0.1) is 26.4 Å². The number of aliphatic hydroxyl groups excluding tert-OH is 7. The van der Waals surface area contributed by atoms with E-state index in [4.69, 9.17) is 28.4 Å². The molecule has 0 spiro atoms. The Morgan fingerprint density at radius 2 is 0.985 bits per heavy atom. The molecule has 14 heteroatoms. The maximum absolute atomic E-state index is 13.0. The minimum absolute atomic E-state index is 0.0473. The first-order valence-corrected chi connectivity index (χ1v) is 25.4. The van der Waals surface area contributed by atoms with E-state index in [-0.39, 0.29) is 19.6 Å². The predicted molar refractivity (Wildman–Crippen MR) is 256 cm³/mol. The van der Waals surface area contributed by atoms with Crippen LogP contribution >= 0.6 is 0 Å². The second-order valence-electron chi connectivity index (χ2n) is 17.6. The van der Waals surface area contributed by atoms with Crippen LogP contribution in [-0.2, 0) is 33.2 Å².